The predicted octanol–water partition coefficient (Wildman–Crippen LogP) is 3.48. The summed E-state index contributed by atoms with van der Waals surface area (Å²) < 4.78 is 38.0. The van der Waals surface area contributed by atoms with Gasteiger partial charge in [0, 0.05) is 25.5 Å². The molecule has 0 aliphatic heterocycles. The van der Waals surface area contributed by atoms with Crippen LogP contribution < -0.4 is 10.2 Å². The van der Waals surface area contributed by atoms with Crippen molar-refractivity contribution in [2.75, 3.05) is 24.3 Å². The van der Waals surface area contributed by atoms with Gasteiger partial charge < -0.3 is 10.2 Å². The van der Waals surface area contributed by atoms with Crippen molar-refractivity contribution >= 4 is 28.6 Å². The molecular weight excluding hydrogens is 303 g/mol. The van der Waals surface area contributed by atoms with Gasteiger partial charge in [0.2, 0.25) is 0 Å². The monoisotopic (exact) mass is 315 g/mol. The van der Waals surface area contributed by atoms with Gasteiger partial charge in [-0.25, -0.2) is 4.98 Å². The fourth-order valence-electron chi connectivity index (χ4n) is 1.64. The van der Waals surface area contributed by atoms with E-state index in [-0.39, 0.29) is 0 Å². The van der Waals surface area contributed by atoms with Crippen LogP contribution in [0.15, 0.2) is 29.8 Å². The van der Waals surface area contributed by atoms with Crippen molar-refractivity contribution in [3.63, 3.8) is 0 Å². The van der Waals surface area contributed by atoms with E-state index in [2.05, 4.69) is 10.3 Å². The summed E-state index contributed by atoms with van der Waals surface area (Å²) in [7, 11) is 3.72. The van der Waals surface area contributed by atoms with Gasteiger partial charge in [0.1, 0.15) is 4.88 Å². The SMILES string of the molecule is CN(C)c1ccc(NC(=O)c2scnc2C(F)(F)F)cc1. The van der Waals surface area contributed by atoms with E-state index in [1.54, 1.807) is 24.3 Å². The van der Waals surface area contributed by atoms with Gasteiger partial charge in [0.25, 0.3) is 5.91 Å². The van der Waals surface area contributed by atoms with Gasteiger partial charge in [-0.3, -0.25) is 4.79 Å². The van der Waals surface area contributed by atoms with E-state index >= 15 is 0 Å². The highest BCUT2D eigenvalue weighted by molar-refractivity contribution is 7.12. The number of rotatable bonds is 3. The topological polar surface area (TPSA) is 45.2 Å². The number of carbonyl (C=O) groups is 1. The molecule has 0 atom stereocenters. The molecule has 2 aromatic rings. The summed E-state index contributed by atoms with van der Waals surface area (Å²) in [5.41, 5.74) is 1.19. The third-order valence-electron chi connectivity index (χ3n) is 2.68. The van der Waals surface area contributed by atoms with E-state index in [9.17, 15) is 18.0 Å². The molecule has 0 fully saturated rings. The van der Waals surface area contributed by atoms with Gasteiger partial charge >= 0.3 is 6.18 Å². The standard InChI is InChI=1S/C13H12F3N3OS/c1-19(2)9-5-3-8(4-6-9)18-12(20)10-11(13(14,15)16)17-7-21-10/h3-7H,1-2H3,(H,18,20). The first-order valence-corrected chi connectivity index (χ1v) is 6.76. The van der Waals surface area contributed by atoms with Gasteiger partial charge in [-0.2, -0.15) is 13.2 Å². The zero-order chi connectivity index (χ0) is 15.6. The minimum absolute atomic E-state index is 0.423. The van der Waals surface area contributed by atoms with E-state index in [0.717, 1.165) is 11.2 Å². The Morgan fingerprint density at radius 1 is 1.24 bits per heavy atom. The number of alkyl halides is 3. The Labute approximate surface area is 123 Å². The van der Waals surface area contributed by atoms with Crippen molar-refractivity contribution in [3.8, 4) is 0 Å². The second-order valence-corrected chi connectivity index (χ2v) is 5.28. The number of hydrogen-bond donors (Lipinski definition) is 1. The lowest BCUT2D eigenvalue weighted by Gasteiger charge is -2.13. The Kier molecular flexibility index (Phi) is 4.17. The Hall–Kier alpha value is -2.09. The summed E-state index contributed by atoms with van der Waals surface area (Å²) in [4.78, 5) is 16.6. The first kappa shape index (κ1) is 15.3. The predicted molar refractivity (Wildman–Crippen MR) is 75.8 cm³/mol. The van der Waals surface area contributed by atoms with Gasteiger partial charge in [-0.15, -0.1) is 11.3 Å². The molecule has 0 saturated heterocycles. The molecule has 21 heavy (non-hydrogen) atoms. The Morgan fingerprint density at radius 2 is 1.86 bits per heavy atom. The number of aromatic nitrogens is 1. The molecule has 1 heterocycles. The smallest absolute Gasteiger partial charge is 0.378 e. The van der Waals surface area contributed by atoms with Crippen LogP contribution in [0, 0.1) is 0 Å². The van der Waals surface area contributed by atoms with Crippen LogP contribution in [0.4, 0.5) is 24.5 Å². The van der Waals surface area contributed by atoms with Crippen LogP contribution in [0.25, 0.3) is 0 Å². The molecule has 8 heteroatoms. The first-order chi connectivity index (χ1) is 9.79. The summed E-state index contributed by atoms with van der Waals surface area (Å²) >= 11 is 0.660. The summed E-state index contributed by atoms with van der Waals surface area (Å²) in [6.45, 7) is 0. The number of benzene rings is 1. The molecule has 112 valence electrons. The molecule has 0 spiro atoms. The van der Waals surface area contributed by atoms with Gasteiger partial charge in [-0.1, -0.05) is 0 Å². The average Bonchev–Trinajstić information content (AvgIpc) is 2.88. The Morgan fingerprint density at radius 3 is 2.38 bits per heavy atom. The van der Waals surface area contributed by atoms with Crippen LogP contribution in [0.2, 0.25) is 0 Å². The maximum Gasteiger partial charge on any atom is 0.434 e. The molecule has 0 bridgehead atoms. The molecule has 0 aliphatic carbocycles. The number of carbonyl (C=O) groups excluding carboxylic acids is 1. The fraction of sp³-hybridized carbons (Fsp3) is 0.231. The van der Waals surface area contributed by atoms with Crippen molar-refractivity contribution in [2.45, 2.75) is 6.18 Å². The second kappa shape index (κ2) is 5.72. The minimum Gasteiger partial charge on any atom is -0.378 e. The normalized spacial score (nSPS) is 11.3. The quantitative estimate of drug-likeness (QED) is 0.943. The number of nitrogens with one attached hydrogen (secondary N) is 1. The molecule has 1 amide bonds. The van der Waals surface area contributed by atoms with Crippen molar-refractivity contribution in [1.82, 2.24) is 4.98 Å². The lowest BCUT2D eigenvalue weighted by atomic mass is 10.2. The molecular formula is C13H12F3N3OS. The van der Waals surface area contributed by atoms with Gasteiger partial charge in [0.05, 0.1) is 5.51 Å². The third kappa shape index (κ3) is 3.52. The van der Waals surface area contributed by atoms with Gasteiger partial charge in [0.15, 0.2) is 5.69 Å². The molecule has 1 N–H and O–H groups in total. The maximum atomic E-state index is 12.7. The maximum absolute atomic E-state index is 12.7. The zero-order valence-corrected chi connectivity index (χ0v) is 12.0. The van der Waals surface area contributed by atoms with Crippen LogP contribution in [-0.2, 0) is 6.18 Å². The average molecular weight is 315 g/mol. The van der Waals surface area contributed by atoms with Crippen molar-refractivity contribution < 1.29 is 18.0 Å². The van der Waals surface area contributed by atoms with Crippen molar-refractivity contribution in [2.24, 2.45) is 0 Å². The highest BCUT2D eigenvalue weighted by Crippen LogP contribution is 2.33. The highest BCUT2D eigenvalue weighted by atomic mass is 32.1. The van der Waals surface area contributed by atoms with Crippen LogP contribution in [0.5, 0.6) is 0 Å². The number of amides is 1. The number of halogens is 3. The van der Waals surface area contributed by atoms with Crippen LogP contribution in [0.3, 0.4) is 0 Å². The summed E-state index contributed by atoms with van der Waals surface area (Å²) in [6, 6.07) is 6.77. The molecule has 4 nitrogen and oxygen atoms in total. The van der Waals surface area contributed by atoms with Crippen LogP contribution >= 0.6 is 11.3 Å². The largest absolute Gasteiger partial charge is 0.434 e. The lowest BCUT2D eigenvalue weighted by Crippen LogP contribution is -2.17. The molecule has 0 radical (unpaired) electrons. The molecule has 1 aromatic heterocycles. The molecule has 2 rings (SSSR count). The van der Waals surface area contributed by atoms with E-state index in [1.165, 1.54) is 0 Å². The molecule has 0 saturated carbocycles. The molecule has 0 unspecified atom stereocenters. The van der Waals surface area contributed by atoms with Crippen LogP contribution in [-0.4, -0.2) is 25.0 Å². The molecule has 0 aliphatic rings. The van der Waals surface area contributed by atoms with E-state index < -0.39 is 22.7 Å². The first-order valence-electron chi connectivity index (χ1n) is 5.88. The Balaban J connectivity index is 2.17. The number of thiazole rings is 1. The Bertz CT molecular complexity index is 635. The number of anilines is 2. The number of hydrogen-bond acceptors (Lipinski definition) is 4. The summed E-state index contributed by atoms with van der Waals surface area (Å²) in [5, 5.41) is 2.44. The van der Waals surface area contributed by atoms with E-state index in [1.807, 2.05) is 19.0 Å². The van der Waals surface area contributed by atoms with E-state index in [4.69, 9.17) is 0 Å². The second-order valence-electron chi connectivity index (χ2n) is 4.42. The number of nitrogens with zero attached hydrogens (tertiary/aromatic N) is 2. The third-order valence-corrected chi connectivity index (χ3v) is 3.51. The fourth-order valence-corrected chi connectivity index (χ4v) is 2.34. The molecule has 1 aromatic carbocycles. The lowest BCUT2D eigenvalue weighted by molar-refractivity contribution is -0.141. The summed E-state index contributed by atoms with van der Waals surface area (Å²) in [5.74, 6) is -0.817. The summed E-state index contributed by atoms with van der Waals surface area (Å²) in [6.07, 6.45) is -4.64. The highest BCUT2D eigenvalue weighted by Gasteiger charge is 2.38. The van der Waals surface area contributed by atoms with Gasteiger partial charge in [-0.05, 0) is 24.3 Å². The zero-order valence-electron chi connectivity index (χ0n) is 11.2. The minimum atomic E-state index is -4.64. The van der Waals surface area contributed by atoms with Crippen molar-refractivity contribution in [1.29, 1.82) is 0 Å². The van der Waals surface area contributed by atoms with E-state index in [0.29, 0.717) is 17.0 Å². The van der Waals surface area contributed by atoms with Crippen LogP contribution in [0.1, 0.15) is 15.4 Å². The van der Waals surface area contributed by atoms with Crippen molar-refractivity contribution in [3.05, 3.63) is 40.3 Å².